The number of nitriles is 1. The fraction of sp³-hybridized carbons (Fsp3) is 0.760. The van der Waals surface area contributed by atoms with Crippen molar-refractivity contribution in [2.75, 3.05) is 0 Å². The lowest BCUT2D eigenvalue weighted by molar-refractivity contribution is 0.236. The van der Waals surface area contributed by atoms with Gasteiger partial charge in [0.05, 0.1) is 12.6 Å². The van der Waals surface area contributed by atoms with Crippen LogP contribution in [-0.2, 0) is 0 Å². The molecule has 27 heavy (non-hydrogen) atoms. The first kappa shape index (κ1) is 18.8. The second-order valence-corrected chi connectivity index (χ2v) is 9.45. The Labute approximate surface area is 165 Å². The Morgan fingerprint density at radius 1 is 0.815 bits per heavy atom. The van der Waals surface area contributed by atoms with E-state index in [0.29, 0.717) is 23.5 Å². The first-order valence-corrected chi connectivity index (χ1v) is 11.6. The van der Waals surface area contributed by atoms with Gasteiger partial charge in [-0.15, -0.1) is 0 Å². The normalized spacial score (nSPS) is 32.4. The topological polar surface area (TPSA) is 28.1 Å². The minimum Gasteiger partial charge on any atom is -0.226 e. The van der Waals surface area contributed by atoms with Crippen LogP contribution in [0.3, 0.4) is 0 Å². The Bertz CT molecular complexity index is 671. The van der Waals surface area contributed by atoms with E-state index < -0.39 is 0 Å². The van der Waals surface area contributed by atoms with Gasteiger partial charge in [-0.25, -0.2) is 10.1 Å². The minimum absolute atomic E-state index is 0.445. The Kier molecular flexibility index (Phi) is 6.02. The van der Waals surface area contributed by atoms with Crippen LogP contribution < -0.4 is 0 Å². The molecule has 0 aliphatic heterocycles. The summed E-state index contributed by atoms with van der Waals surface area (Å²) in [5.41, 5.74) is 4.96. The predicted molar refractivity (Wildman–Crippen MR) is 109 cm³/mol. The fourth-order valence-electron chi connectivity index (χ4n) is 6.76. The second kappa shape index (κ2) is 8.65. The van der Waals surface area contributed by atoms with Crippen molar-refractivity contribution in [2.45, 2.75) is 96.3 Å². The maximum absolute atomic E-state index is 9.84. The molecule has 0 heterocycles. The molecule has 0 amide bonds. The SMILES string of the molecule is [C-]#[N+]/C(C#N)=C1/C(C2CCCCC2)=C(C2CCCCC2)CC2CCCCC12. The molecule has 0 N–H and O–H groups in total. The number of nitrogens with zero attached hydrogens (tertiary/aromatic N) is 2. The van der Waals surface area contributed by atoms with E-state index in [9.17, 15) is 5.26 Å². The van der Waals surface area contributed by atoms with Gasteiger partial charge in [0.25, 0.3) is 5.70 Å². The van der Waals surface area contributed by atoms with E-state index in [1.807, 2.05) is 0 Å². The molecule has 2 heteroatoms. The summed E-state index contributed by atoms with van der Waals surface area (Å²) in [7, 11) is 0. The molecule has 0 aromatic rings. The minimum atomic E-state index is 0.445. The molecule has 2 nitrogen and oxygen atoms in total. The lowest BCUT2D eigenvalue weighted by Crippen LogP contribution is -2.33. The van der Waals surface area contributed by atoms with Crippen molar-refractivity contribution in [2.24, 2.45) is 23.7 Å². The van der Waals surface area contributed by atoms with Gasteiger partial charge in [-0.05, 0) is 74.2 Å². The van der Waals surface area contributed by atoms with Crippen molar-refractivity contribution >= 4 is 0 Å². The van der Waals surface area contributed by atoms with Gasteiger partial charge in [-0.2, -0.15) is 0 Å². The molecule has 144 valence electrons. The number of rotatable bonds is 2. The highest BCUT2D eigenvalue weighted by atomic mass is 14.7. The van der Waals surface area contributed by atoms with Gasteiger partial charge >= 0.3 is 0 Å². The first-order valence-electron chi connectivity index (χ1n) is 11.6. The zero-order valence-corrected chi connectivity index (χ0v) is 16.8. The van der Waals surface area contributed by atoms with E-state index in [2.05, 4.69) is 10.9 Å². The van der Waals surface area contributed by atoms with Gasteiger partial charge in [0.15, 0.2) is 0 Å². The van der Waals surface area contributed by atoms with Crippen LogP contribution in [0.15, 0.2) is 22.4 Å². The molecule has 0 aromatic carbocycles. The molecule has 4 rings (SSSR count). The summed E-state index contributed by atoms with van der Waals surface area (Å²) < 4.78 is 0. The molecule has 0 radical (unpaired) electrons. The van der Waals surface area contributed by atoms with E-state index in [-0.39, 0.29) is 0 Å². The highest BCUT2D eigenvalue weighted by Gasteiger charge is 2.41. The van der Waals surface area contributed by atoms with Crippen molar-refractivity contribution in [1.82, 2.24) is 0 Å². The largest absolute Gasteiger partial charge is 0.265 e. The molecule has 0 bridgehead atoms. The molecule has 2 unspecified atom stereocenters. The Balaban J connectivity index is 1.85. The van der Waals surface area contributed by atoms with Crippen LogP contribution in [-0.4, -0.2) is 0 Å². The van der Waals surface area contributed by atoms with E-state index in [4.69, 9.17) is 6.57 Å². The van der Waals surface area contributed by atoms with E-state index >= 15 is 0 Å². The summed E-state index contributed by atoms with van der Waals surface area (Å²) in [6.07, 6.45) is 19.8. The van der Waals surface area contributed by atoms with Gasteiger partial charge in [0, 0.05) is 0 Å². The van der Waals surface area contributed by atoms with E-state index in [1.54, 1.807) is 11.1 Å². The van der Waals surface area contributed by atoms with Crippen LogP contribution >= 0.6 is 0 Å². The summed E-state index contributed by atoms with van der Waals surface area (Å²) in [6.45, 7) is 7.74. The number of hydrogen-bond acceptors (Lipinski definition) is 1. The molecule has 4 aliphatic rings. The lowest BCUT2D eigenvalue weighted by atomic mass is 9.59. The zero-order chi connectivity index (χ0) is 18.6. The van der Waals surface area contributed by atoms with Gasteiger partial charge < -0.3 is 0 Å². The Morgan fingerprint density at radius 2 is 1.41 bits per heavy atom. The molecular formula is C25H34N2. The highest BCUT2D eigenvalue weighted by molar-refractivity contribution is 5.52. The number of fused-ring (bicyclic) bond motifs is 1. The van der Waals surface area contributed by atoms with Crippen molar-refractivity contribution in [3.63, 3.8) is 0 Å². The molecule has 0 aromatic heterocycles. The summed E-state index contributed by atoms with van der Waals surface area (Å²) in [5.74, 6) is 2.55. The average molecular weight is 363 g/mol. The zero-order valence-electron chi connectivity index (χ0n) is 16.8. The lowest BCUT2D eigenvalue weighted by Gasteiger charge is -2.45. The van der Waals surface area contributed by atoms with Crippen molar-refractivity contribution in [3.05, 3.63) is 33.8 Å². The molecule has 3 saturated carbocycles. The third kappa shape index (κ3) is 3.74. The molecular weight excluding hydrogens is 328 g/mol. The third-order valence-corrected chi connectivity index (χ3v) is 7.98. The standard InChI is InChI=1S/C25H34N2/c1-27-23(17-26)25-21-15-9-8-14-20(21)16-22(18-10-4-2-5-11-18)24(25)19-12-6-3-7-13-19/h18-21H,2-16H2/b25-23+. The molecule has 0 spiro atoms. The van der Waals surface area contributed by atoms with Crippen LogP contribution in [0, 0.1) is 41.6 Å². The molecule has 3 fully saturated rings. The average Bonchev–Trinajstić information content (AvgIpc) is 2.75. The van der Waals surface area contributed by atoms with Crippen LogP contribution in [0.2, 0.25) is 0 Å². The maximum atomic E-state index is 9.84. The van der Waals surface area contributed by atoms with Crippen LogP contribution in [0.1, 0.15) is 96.3 Å². The van der Waals surface area contributed by atoms with Gasteiger partial charge in [-0.1, -0.05) is 62.5 Å². The summed E-state index contributed by atoms with van der Waals surface area (Å²) in [6, 6.07) is 2.34. The predicted octanol–water partition coefficient (Wildman–Crippen LogP) is 7.35. The Morgan fingerprint density at radius 3 is 2.04 bits per heavy atom. The van der Waals surface area contributed by atoms with Crippen molar-refractivity contribution < 1.29 is 0 Å². The molecule has 0 saturated heterocycles. The summed E-state index contributed by atoms with van der Waals surface area (Å²) in [4.78, 5) is 3.78. The number of allylic oxidation sites excluding steroid dienone is 4. The second-order valence-electron chi connectivity index (χ2n) is 9.45. The Hall–Kier alpha value is -1.54. The smallest absolute Gasteiger partial charge is 0.226 e. The van der Waals surface area contributed by atoms with Gasteiger partial charge in [0.1, 0.15) is 0 Å². The summed E-state index contributed by atoms with van der Waals surface area (Å²) in [5, 5.41) is 9.84. The summed E-state index contributed by atoms with van der Waals surface area (Å²) >= 11 is 0. The molecule has 2 atom stereocenters. The monoisotopic (exact) mass is 362 g/mol. The van der Waals surface area contributed by atoms with Crippen LogP contribution in [0.4, 0.5) is 0 Å². The maximum Gasteiger partial charge on any atom is 0.265 e. The van der Waals surface area contributed by atoms with Crippen LogP contribution in [0.25, 0.3) is 4.85 Å². The van der Waals surface area contributed by atoms with Crippen molar-refractivity contribution in [3.8, 4) is 6.07 Å². The van der Waals surface area contributed by atoms with Gasteiger partial charge in [-0.3, -0.25) is 0 Å². The fourth-order valence-corrected chi connectivity index (χ4v) is 6.76. The van der Waals surface area contributed by atoms with Crippen molar-refractivity contribution in [1.29, 1.82) is 5.26 Å². The highest BCUT2D eigenvalue weighted by Crippen LogP contribution is 2.54. The van der Waals surface area contributed by atoms with Crippen LogP contribution in [0.5, 0.6) is 0 Å². The van der Waals surface area contributed by atoms with Gasteiger partial charge in [0.2, 0.25) is 0 Å². The quantitative estimate of drug-likeness (QED) is 0.373. The first-order chi connectivity index (χ1) is 13.3. The number of hydrogen-bond donors (Lipinski definition) is 0. The third-order valence-electron chi connectivity index (χ3n) is 7.98. The molecule has 4 aliphatic carbocycles. The van der Waals surface area contributed by atoms with E-state index in [1.165, 1.54) is 102 Å². The van der Waals surface area contributed by atoms with E-state index in [0.717, 1.165) is 5.92 Å².